The number of carbonyl (C=O) groups is 2. The van der Waals surface area contributed by atoms with Gasteiger partial charge < -0.3 is 14.2 Å². The third-order valence-electron chi connectivity index (χ3n) is 5.53. The van der Waals surface area contributed by atoms with Gasteiger partial charge in [-0.1, -0.05) is 36.4 Å². The molecule has 0 radical (unpaired) electrons. The van der Waals surface area contributed by atoms with E-state index in [2.05, 4.69) is 12.1 Å². The minimum Gasteiger partial charge on any atom is -0.464 e. The van der Waals surface area contributed by atoms with Crippen LogP contribution in [0.4, 0.5) is 0 Å². The van der Waals surface area contributed by atoms with E-state index in [0.29, 0.717) is 32.6 Å². The van der Waals surface area contributed by atoms with Crippen molar-refractivity contribution in [3.8, 4) is 0 Å². The van der Waals surface area contributed by atoms with Crippen molar-refractivity contribution in [1.82, 2.24) is 9.80 Å². The first-order valence-electron chi connectivity index (χ1n) is 9.69. The number of amides is 2. The molecule has 5 nitrogen and oxygen atoms in total. The van der Waals surface area contributed by atoms with E-state index >= 15 is 0 Å². The van der Waals surface area contributed by atoms with Gasteiger partial charge in [0.2, 0.25) is 5.91 Å². The minimum absolute atomic E-state index is 0.0550. The van der Waals surface area contributed by atoms with Crippen molar-refractivity contribution in [2.75, 3.05) is 26.2 Å². The third-order valence-corrected chi connectivity index (χ3v) is 6.39. The largest absolute Gasteiger partial charge is 0.464 e. The van der Waals surface area contributed by atoms with Crippen LogP contribution >= 0.6 is 11.3 Å². The molecule has 1 saturated heterocycles. The number of thiophene rings is 1. The van der Waals surface area contributed by atoms with Crippen molar-refractivity contribution in [2.24, 2.45) is 0 Å². The molecule has 1 fully saturated rings. The molecular weight excluding hydrogens is 384 g/mol. The molecule has 0 spiro atoms. The number of hydrogen-bond acceptors (Lipinski definition) is 4. The molecule has 0 N–H and O–H groups in total. The molecule has 29 heavy (non-hydrogen) atoms. The standard InChI is InChI=1S/C23H20N2O3S/c26-21(24-9-11-25(12-10-24)23(27)20-6-3-13-29-20)14-17-15-28-19-8-7-16-4-1-2-5-18(16)22(17)19/h1-8,13,15H,9-12,14H2. The molecule has 1 aliphatic rings. The molecule has 0 bridgehead atoms. The highest BCUT2D eigenvalue weighted by Crippen LogP contribution is 2.30. The van der Waals surface area contributed by atoms with Gasteiger partial charge in [0.05, 0.1) is 17.6 Å². The fourth-order valence-corrected chi connectivity index (χ4v) is 4.69. The average molecular weight is 404 g/mol. The van der Waals surface area contributed by atoms with Crippen LogP contribution < -0.4 is 0 Å². The molecule has 5 rings (SSSR count). The van der Waals surface area contributed by atoms with Crippen LogP contribution in [0.15, 0.2) is 64.6 Å². The molecule has 0 aliphatic carbocycles. The van der Waals surface area contributed by atoms with Gasteiger partial charge >= 0.3 is 0 Å². The van der Waals surface area contributed by atoms with Crippen molar-refractivity contribution in [3.05, 3.63) is 70.6 Å². The van der Waals surface area contributed by atoms with Gasteiger partial charge in [0.25, 0.3) is 5.91 Å². The highest BCUT2D eigenvalue weighted by atomic mass is 32.1. The van der Waals surface area contributed by atoms with E-state index in [1.165, 1.54) is 11.3 Å². The Morgan fingerprint density at radius 3 is 2.52 bits per heavy atom. The molecule has 0 atom stereocenters. The number of fused-ring (bicyclic) bond motifs is 3. The topological polar surface area (TPSA) is 53.8 Å². The summed E-state index contributed by atoms with van der Waals surface area (Å²) in [5.74, 6) is 0.128. The van der Waals surface area contributed by atoms with E-state index in [1.807, 2.05) is 51.6 Å². The van der Waals surface area contributed by atoms with E-state index in [1.54, 1.807) is 6.26 Å². The lowest BCUT2D eigenvalue weighted by Gasteiger charge is -2.34. The second kappa shape index (κ2) is 7.37. The number of furan rings is 1. The van der Waals surface area contributed by atoms with Gasteiger partial charge in [-0.25, -0.2) is 0 Å². The van der Waals surface area contributed by atoms with Crippen molar-refractivity contribution >= 4 is 44.9 Å². The second-order valence-electron chi connectivity index (χ2n) is 7.25. The van der Waals surface area contributed by atoms with Gasteiger partial charge in [0.1, 0.15) is 5.58 Å². The van der Waals surface area contributed by atoms with Crippen molar-refractivity contribution in [1.29, 1.82) is 0 Å². The summed E-state index contributed by atoms with van der Waals surface area (Å²) in [6.45, 7) is 2.26. The zero-order valence-electron chi connectivity index (χ0n) is 15.8. The average Bonchev–Trinajstić information content (AvgIpc) is 3.44. The highest BCUT2D eigenvalue weighted by molar-refractivity contribution is 7.12. The summed E-state index contributed by atoms with van der Waals surface area (Å²) in [5.41, 5.74) is 1.72. The van der Waals surface area contributed by atoms with E-state index in [0.717, 1.165) is 32.2 Å². The quantitative estimate of drug-likeness (QED) is 0.515. The van der Waals surface area contributed by atoms with Gasteiger partial charge in [-0.3, -0.25) is 9.59 Å². The number of rotatable bonds is 3. The number of benzene rings is 2. The van der Waals surface area contributed by atoms with Gasteiger partial charge in [0, 0.05) is 37.1 Å². The van der Waals surface area contributed by atoms with Crippen molar-refractivity contribution in [3.63, 3.8) is 0 Å². The van der Waals surface area contributed by atoms with Gasteiger partial charge in [-0.2, -0.15) is 0 Å². The summed E-state index contributed by atoms with van der Waals surface area (Å²) >= 11 is 1.45. The fraction of sp³-hybridized carbons (Fsp3) is 0.217. The van der Waals surface area contributed by atoms with Gasteiger partial charge in [-0.05, 0) is 28.3 Å². The Labute approximate surface area is 172 Å². The third kappa shape index (κ3) is 3.29. The van der Waals surface area contributed by atoms with E-state index in [-0.39, 0.29) is 11.8 Å². The summed E-state index contributed by atoms with van der Waals surface area (Å²) < 4.78 is 5.71. The monoisotopic (exact) mass is 404 g/mol. The number of carbonyl (C=O) groups excluding carboxylic acids is 2. The Balaban J connectivity index is 1.30. The predicted molar refractivity (Wildman–Crippen MR) is 114 cm³/mol. The van der Waals surface area contributed by atoms with Crippen LogP contribution in [0.3, 0.4) is 0 Å². The smallest absolute Gasteiger partial charge is 0.264 e. The molecule has 2 aromatic heterocycles. The Morgan fingerprint density at radius 2 is 1.72 bits per heavy atom. The zero-order valence-corrected chi connectivity index (χ0v) is 16.7. The zero-order chi connectivity index (χ0) is 19.8. The lowest BCUT2D eigenvalue weighted by molar-refractivity contribution is -0.131. The molecule has 3 heterocycles. The van der Waals surface area contributed by atoms with Gasteiger partial charge in [-0.15, -0.1) is 11.3 Å². The van der Waals surface area contributed by atoms with Crippen LogP contribution in [0.2, 0.25) is 0 Å². The number of piperazine rings is 1. The van der Waals surface area contributed by atoms with Crippen LogP contribution in [0.25, 0.3) is 21.7 Å². The normalized spacial score (nSPS) is 14.6. The van der Waals surface area contributed by atoms with Crippen molar-refractivity contribution in [2.45, 2.75) is 6.42 Å². The molecule has 0 unspecified atom stereocenters. The first-order valence-corrected chi connectivity index (χ1v) is 10.6. The van der Waals surface area contributed by atoms with Crippen molar-refractivity contribution < 1.29 is 14.0 Å². The van der Waals surface area contributed by atoms with Crippen LogP contribution in [0.5, 0.6) is 0 Å². The second-order valence-corrected chi connectivity index (χ2v) is 8.20. The van der Waals surface area contributed by atoms with Crippen LogP contribution in [0, 0.1) is 0 Å². The Hall–Kier alpha value is -3.12. The lowest BCUT2D eigenvalue weighted by Crippen LogP contribution is -2.50. The summed E-state index contributed by atoms with van der Waals surface area (Å²) in [4.78, 5) is 29.8. The molecule has 1 aliphatic heterocycles. The number of nitrogens with zero attached hydrogens (tertiary/aromatic N) is 2. The predicted octanol–water partition coefficient (Wildman–Crippen LogP) is 4.17. The fourth-order valence-electron chi connectivity index (χ4n) is 3.99. The Kier molecular flexibility index (Phi) is 4.56. The highest BCUT2D eigenvalue weighted by Gasteiger charge is 2.26. The van der Waals surface area contributed by atoms with Crippen LogP contribution in [-0.2, 0) is 11.2 Å². The summed E-state index contributed by atoms with van der Waals surface area (Å²) in [6.07, 6.45) is 2.01. The Morgan fingerprint density at radius 1 is 0.931 bits per heavy atom. The lowest BCUT2D eigenvalue weighted by atomic mass is 10.0. The first kappa shape index (κ1) is 17.9. The molecule has 4 aromatic rings. The molecule has 6 heteroatoms. The maximum absolute atomic E-state index is 12.9. The minimum atomic E-state index is 0.0550. The maximum atomic E-state index is 12.9. The molecule has 2 amide bonds. The first-order chi connectivity index (χ1) is 14.2. The molecule has 146 valence electrons. The molecule has 2 aromatic carbocycles. The van der Waals surface area contributed by atoms with E-state index in [4.69, 9.17) is 4.42 Å². The van der Waals surface area contributed by atoms with Gasteiger partial charge in [0.15, 0.2) is 0 Å². The Bertz CT molecular complexity index is 1190. The maximum Gasteiger partial charge on any atom is 0.264 e. The van der Waals surface area contributed by atoms with E-state index < -0.39 is 0 Å². The molecular formula is C23H20N2O3S. The SMILES string of the molecule is O=C(Cc1coc2ccc3ccccc3c12)N1CCN(C(=O)c2cccs2)CC1. The summed E-state index contributed by atoms with van der Waals surface area (Å²) in [5, 5.41) is 5.16. The number of hydrogen-bond donors (Lipinski definition) is 0. The summed E-state index contributed by atoms with van der Waals surface area (Å²) in [7, 11) is 0. The van der Waals surface area contributed by atoms with E-state index in [9.17, 15) is 9.59 Å². The van der Waals surface area contributed by atoms with Crippen LogP contribution in [-0.4, -0.2) is 47.8 Å². The van der Waals surface area contributed by atoms with Crippen LogP contribution in [0.1, 0.15) is 15.2 Å². The molecule has 0 saturated carbocycles. The summed E-state index contributed by atoms with van der Waals surface area (Å²) in [6, 6.07) is 15.9.